The second-order valence-corrected chi connectivity index (χ2v) is 2.92. The first-order chi connectivity index (χ1) is 5.24. The molecule has 0 amide bonds. The van der Waals surface area contributed by atoms with Crippen molar-refractivity contribution in [2.24, 2.45) is 0 Å². The van der Waals surface area contributed by atoms with E-state index in [4.69, 9.17) is 5.73 Å². The lowest BCUT2D eigenvalue weighted by Crippen LogP contribution is -1.84. The average Bonchev–Trinajstić information content (AvgIpc) is 2.33. The lowest BCUT2D eigenvalue weighted by molar-refractivity contribution is 0.476. The highest BCUT2D eigenvalue weighted by atomic mass is 32.1. The van der Waals surface area contributed by atoms with Gasteiger partial charge in [0, 0.05) is 4.88 Å². The summed E-state index contributed by atoms with van der Waals surface area (Å²) in [6, 6.07) is 0. The molecule has 0 aromatic carbocycles. The Bertz CT molecular complexity index is 210. The van der Waals surface area contributed by atoms with E-state index in [-0.39, 0.29) is 0 Å². The summed E-state index contributed by atoms with van der Waals surface area (Å²) in [7, 11) is 0. The summed E-state index contributed by atoms with van der Waals surface area (Å²) in [6.45, 7) is 5.29. The monoisotopic (exact) mass is 176 g/mol. The fraction of sp³-hybridized carbons (Fsp3) is 0.571. The van der Waals surface area contributed by atoms with Gasteiger partial charge >= 0.3 is 0 Å². The van der Waals surface area contributed by atoms with E-state index < -0.39 is 6.67 Å². The number of aromatic nitrogens is 1. The molecule has 0 bridgehead atoms. The van der Waals surface area contributed by atoms with Crippen molar-refractivity contribution in [1.82, 2.24) is 4.98 Å². The predicted octanol–water partition coefficient (Wildman–Crippen LogP) is 2.53. The third-order valence-electron chi connectivity index (χ3n) is 1.04. The van der Waals surface area contributed by atoms with Crippen molar-refractivity contribution in [3.63, 3.8) is 0 Å². The Kier molecular flexibility index (Phi) is 4.77. The van der Waals surface area contributed by atoms with E-state index in [9.17, 15) is 4.39 Å². The maximum Gasteiger partial charge on any atom is 0.180 e. The van der Waals surface area contributed by atoms with E-state index in [1.165, 1.54) is 11.3 Å². The van der Waals surface area contributed by atoms with E-state index in [0.717, 1.165) is 4.88 Å². The molecule has 0 aliphatic rings. The fourth-order valence-electron chi connectivity index (χ4n) is 0.574. The molecule has 0 fully saturated rings. The first-order valence-electron chi connectivity index (χ1n) is 3.51. The van der Waals surface area contributed by atoms with E-state index in [1.54, 1.807) is 0 Å². The van der Waals surface area contributed by atoms with Crippen LogP contribution in [0.5, 0.6) is 0 Å². The Labute approximate surface area is 70.3 Å². The van der Waals surface area contributed by atoms with Crippen molar-refractivity contribution in [1.29, 1.82) is 0 Å². The highest BCUT2D eigenvalue weighted by Crippen LogP contribution is 2.19. The van der Waals surface area contributed by atoms with Crippen LogP contribution in [0.1, 0.15) is 24.4 Å². The Morgan fingerprint density at radius 3 is 2.27 bits per heavy atom. The van der Waals surface area contributed by atoms with Crippen LogP contribution in [0.25, 0.3) is 0 Å². The Balaban J connectivity index is 0.000000461. The molecule has 2 N–H and O–H groups in total. The minimum Gasteiger partial charge on any atom is -0.375 e. The molecule has 1 heterocycles. The first kappa shape index (κ1) is 10.4. The van der Waals surface area contributed by atoms with Crippen LogP contribution < -0.4 is 5.73 Å². The molecule has 0 saturated heterocycles. The lowest BCUT2D eigenvalue weighted by atomic mass is 10.4. The topological polar surface area (TPSA) is 38.9 Å². The summed E-state index contributed by atoms with van der Waals surface area (Å²) in [4.78, 5) is 4.62. The van der Waals surface area contributed by atoms with E-state index in [2.05, 4.69) is 4.98 Å². The quantitative estimate of drug-likeness (QED) is 0.714. The smallest absolute Gasteiger partial charge is 0.180 e. The summed E-state index contributed by atoms with van der Waals surface area (Å²) in [5, 5.41) is 0.445. The van der Waals surface area contributed by atoms with Gasteiger partial charge in [0.1, 0.15) is 6.67 Å². The maximum atomic E-state index is 11.9. The summed E-state index contributed by atoms with van der Waals surface area (Å²) >= 11 is 1.32. The van der Waals surface area contributed by atoms with Gasteiger partial charge < -0.3 is 5.73 Å². The van der Waals surface area contributed by atoms with Crippen LogP contribution in [0, 0.1) is 6.92 Å². The number of rotatable bonds is 1. The van der Waals surface area contributed by atoms with Gasteiger partial charge in [-0.2, -0.15) is 0 Å². The second-order valence-electron chi connectivity index (χ2n) is 1.69. The number of thiazole rings is 1. The van der Waals surface area contributed by atoms with Crippen molar-refractivity contribution >= 4 is 16.5 Å². The van der Waals surface area contributed by atoms with Crippen LogP contribution in [0.15, 0.2) is 0 Å². The minimum absolute atomic E-state index is 0.445. The van der Waals surface area contributed by atoms with Crippen LogP contribution in [-0.2, 0) is 6.67 Å². The van der Waals surface area contributed by atoms with Gasteiger partial charge in [0.05, 0.1) is 5.69 Å². The summed E-state index contributed by atoms with van der Waals surface area (Å²) in [5.41, 5.74) is 5.77. The normalized spacial score (nSPS) is 8.73. The molecular weight excluding hydrogens is 163 g/mol. The number of nitrogen functional groups attached to an aromatic ring is 1. The third-order valence-corrected chi connectivity index (χ3v) is 1.88. The molecule has 0 atom stereocenters. The molecule has 0 aliphatic carbocycles. The van der Waals surface area contributed by atoms with E-state index >= 15 is 0 Å². The second kappa shape index (κ2) is 5.07. The minimum atomic E-state index is -0.514. The van der Waals surface area contributed by atoms with Crippen LogP contribution in [0.3, 0.4) is 0 Å². The van der Waals surface area contributed by atoms with Gasteiger partial charge in [-0.1, -0.05) is 13.8 Å². The molecule has 0 radical (unpaired) electrons. The summed E-state index contributed by atoms with van der Waals surface area (Å²) < 4.78 is 11.9. The highest BCUT2D eigenvalue weighted by molar-refractivity contribution is 7.15. The Hall–Kier alpha value is -0.640. The molecule has 0 aliphatic heterocycles. The largest absolute Gasteiger partial charge is 0.375 e. The molecule has 0 saturated carbocycles. The zero-order chi connectivity index (χ0) is 8.85. The average molecular weight is 176 g/mol. The zero-order valence-corrected chi connectivity index (χ0v) is 7.83. The molecule has 0 unspecified atom stereocenters. The number of anilines is 1. The molecule has 1 rings (SSSR count). The molecule has 1 aromatic heterocycles. The van der Waals surface area contributed by atoms with Crippen molar-refractivity contribution in [3.8, 4) is 0 Å². The number of aryl methyl sites for hydroxylation is 1. The van der Waals surface area contributed by atoms with Crippen LogP contribution in [0.2, 0.25) is 0 Å². The predicted molar refractivity (Wildman–Crippen MR) is 47.4 cm³/mol. The van der Waals surface area contributed by atoms with Crippen molar-refractivity contribution in [2.75, 3.05) is 5.73 Å². The fourth-order valence-corrected chi connectivity index (χ4v) is 1.26. The number of hydrogen-bond acceptors (Lipinski definition) is 3. The number of nitrogens with zero attached hydrogens (tertiary/aromatic N) is 1. The highest BCUT2D eigenvalue weighted by Gasteiger charge is 2.02. The van der Waals surface area contributed by atoms with Crippen LogP contribution >= 0.6 is 11.3 Å². The first-order valence-corrected chi connectivity index (χ1v) is 4.33. The molecule has 1 aromatic rings. The van der Waals surface area contributed by atoms with Crippen LogP contribution in [0.4, 0.5) is 9.52 Å². The van der Waals surface area contributed by atoms with Gasteiger partial charge in [0.2, 0.25) is 0 Å². The van der Waals surface area contributed by atoms with Gasteiger partial charge in [-0.3, -0.25) is 0 Å². The van der Waals surface area contributed by atoms with E-state index in [1.807, 2.05) is 20.8 Å². The molecule has 11 heavy (non-hydrogen) atoms. The van der Waals surface area contributed by atoms with Gasteiger partial charge in [-0.05, 0) is 6.92 Å². The van der Waals surface area contributed by atoms with E-state index in [0.29, 0.717) is 10.8 Å². The number of halogens is 1. The van der Waals surface area contributed by atoms with Gasteiger partial charge in [-0.15, -0.1) is 11.3 Å². The molecule has 4 heteroatoms. The molecular formula is C7H13FN2S. The standard InChI is InChI=1S/C5H7FN2S.C2H6/c1-3-4(2-6)8-5(7)9-3;1-2/h2H2,1H3,(H2,7,8);1-2H3. The number of hydrogen-bond donors (Lipinski definition) is 1. The van der Waals surface area contributed by atoms with Crippen molar-refractivity contribution < 1.29 is 4.39 Å². The zero-order valence-electron chi connectivity index (χ0n) is 7.02. The summed E-state index contributed by atoms with van der Waals surface area (Å²) in [6.07, 6.45) is 0. The Morgan fingerprint density at radius 2 is 2.09 bits per heavy atom. The molecule has 64 valence electrons. The van der Waals surface area contributed by atoms with Gasteiger partial charge in [-0.25, -0.2) is 9.37 Å². The van der Waals surface area contributed by atoms with Gasteiger partial charge in [0.15, 0.2) is 5.13 Å². The van der Waals surface area contributed by atoms with Crippen molar-refractivity contribution in [3.05, 3.63) is 10.6 Å². The maximum absolute atomic E-state index is 11.9. The molecule has 2 nitrogen and oxygen atoms in total. The summed E-state index contributed by atoms with van der Waals surface area (Å²) in [5.74, 6) is 0. The Morgan fingerprint density at radius 1 is 1.55 bits per heavy atom. The van der Waals surface area contributed by atoms with Gasteiger partial charge in [0.25, 0.3) is 0 Å². The third kappa shape index (κ3) is 2.84. The lowest BCUT2D eigenvalue weighted by Gasteiger charge is -1.83. The van der Waals surface area contributed by atoms with Crippen molar-refractivity contribution in [2.45, 2.75) is 27.4 Å². The number of nitrogens with two attached hydrogens (primary N) is 1. The molecule has 0 spiro atoms. The van der Waals surface area contributed by atoms with Crippen LogP contribution in [-0.4, -0.2) is 4.98 Å². The number of alkyl halides is 1. The SMILES string of the molecule is CC.Cc1sc(N)nc1CF.